The SMILES string of the molecule is COc1cccc(C(C)=O)c1OC1CCN(C)C1. The first kappa shape index (κ1) is 12.9. The highest BCUT2D eigenvalue weighted by atomic mass is 16.5. The number of rotatable bonds is 4. The number of ether oxygens (including phenoxy) is 2. The Balaban J connectivity index is 2.26. The fourth-order valence-electron chi connectivity index (χ4n) is 2.23. The molecule has 0 bridgehead atoms. The number of Topliss-reactive ketones (excluding diaryl/α,β-unsaturated/α-hetero) is 1. The molecule has 1 unspecified atom stereocenters. The molecule has 1 atom stereocenters. The molecule has 4 nitrogen and oxygen atoms in total. The number of benzene rings is 1. The van der Waals surface area contributed by atoms with E-state index in [-0.39, 0.29) is 11.9 Å². The molecule has 1 aromatic carbocycles. The third-order valence-electron chi connectivity index (χ3n) is 3.21. The Morgan fingerprint density at radius 1 is 1.44 bits per heavy atom. The third kappa shape index (κ3) is 2.64. The lowest BCUT2D eigenvalue weighted by Crippen LogP contribution is -2.22. The van der Waals surface area contributed by atoms with E-state index in [0.29, 0.717) is 17.1 Å². The lowest BCUT2D eigenvalue weighted by atomic mass is 10.1. The number of methoxy groups -OCH3 is 1. The van der Waals surface area contributed by atoms with Gasteiger partial charge in [0, 0.05) is 13.1 Å². The number of hydrogen-bond donors (Lipinski definition) is 0. The van der Waals surface area contributed by atoms with Gasteiger partial charge in [-0.1, -0.05) is 6.07 Å². The second-order valence-electron chi connectivity index (χ2n) is 4.68. The van der Waals surface area contributed by atoms with Crippen LogP contribution in [0.2, 0.25) is 0 Å². The summed E-state index contributed by atoms with van der Waals surface area (Å²) in [5, 5.41) is 0. The average molecular weight is 249 g/mol. The molecular weight excluding hydrogens is 230 g/mol. The van der Waals surface area contributed by atoms with Crippen LogP contribution >= 0.6 is 0 Å². The van der Waals surface area contributed by atoms with Crippen LogP contribution in [0.25, 0.3) is 0 Å². The lowest BCUT2D eigenvalue weighted by Gasteiger charge is -2.18. The van der Waals surface area contributed by atoms with Gasteiger partial charge in [0.25, 0.3) is 0 Å². The summed E-state index contributed by atoms with van der Waals surface area (Å²) in [5.74, 6) is 1.19. The maximum atomic E-state index is 11.6. The van der Waals surface area contributed by atoms with Gasteiger partial charge in [-0.2, -0.15) is 0 Å². The van der Waals surface area contributed by atoms with Gasteiger partial charge < -0.3 is 14.4 Å². The Kier molecular flexibility index (Phi) is 3.87. The molecule has 0 amide bonds. The molecule has 1 fully saturated rings. The van der Waals surface area contributed by atoms with Crippen LogP contribution in [0, 0.1) is 0 Å². The normalized spacial score (nSPS) is 19.8. The molecule has 1 heterocycles. The monoisotopic (exact) mass is 249 g/mol. The maximum Gasteiger partial charge on any atom is 0.172 e. The van der Waals surface area contributed by atoms with Crippen molar-refractivity contribution in [3.05, 3.63) is 23.8 Å². The predicted octanol–water partition coefficient (Wildman–Crippen LogP) is 1.98. The van der Waals surface area contributed by atoms with Crippen LogP contribution in [0.15, 0.2) is 18.2 Å². The molecule has 2 rings (SSSR count). The van der Waals surface area contributed by atoms with Gasteiger partial charge >= 0.3 is 0 Å². The molecule has 0 saturated carbocycles. The zero-order valence-corrected chi connectivity index (χ0v) is 11.1. The Bertz CT molecular complexity index is 445. The number of likely N-dealkylation sites (N-methyl/N-ethyl adjacent to an activating group) is 1. The Labute approximate surface area is 107 Å². The topological polar surface area (TPSA) is 38.8 Å². The highest BCUT2D eigenvalue weighted by Crippen LogP contribution is 2.33. The summed E-state index contributed by atoms with van der Waals surface area (Å²) in [7, 11) is 3.66. The van der Waals surface area contributed by atoms with Crippen LogP contribution in [-0.4, -0.2) is 44.0 Å². The van der Waals surface area contributed by atoms with Gasteiger partial charge in [-0.25, -0.2) is 0 Å². The van der Waals surface area contributed by atoms with Crippen molar-refractivity contribution in [3.63, 3.8) is 0 Å². The van der Waals surface area contributed by atoms with Crippen molar-refractivity contribution in [2.45, 2.75) is 19.4 Å². The Morgan fingerprint density at radius 2 is 2.22 bits per heavy atom. The van der Waals surface area contributed by atoms with Crippen molar-refractivity contribution in [1.82, 2.24) is 4.90 Å². The molecule has 18 heavy (non-hydrogen) atoms. The number of para-hydroxylation sites is 1. The van der Waals surface area contributed by atoms with E-state index in [9.17, 15) is 4.79 Å². The maximum absolute atomic E-state index is 11.6. The van der Waals surface area contributed by atoms with Crippen LogP contribution in [0.1, 0.15) is 23.7 Å². The summed E-state index contributed by atoms with van der Waals surface area (Å²) >= 11 is 0. The molecule has 0 aromatic heterocycles. The highest BCUT2D eigenvalue weighted by Gasteiger charge is 2.24. The van der Waals surface area contributed by atoms with Crippen molar-refractivity contribution >= 4 is 5.78 Å². The molecule has 0 aliphatic carbocycles. The molecule has 98 valence electrons. The van der Waals surface area contributed by atoms with Crippen molar-refractivity contribution < 1.29 is 14.3 Å². The smallest absolute Gasteiger partial charge is 0.172 e. The standard InChI is InChI=1S/C14H19NO3/c1-10(16)12-5-4-6-13(17-3)14(12)18-11-7-8-15(2)9-11/h4-6,11H,7-9H2,1-3H3. The van der Waals surface area contributed by atoms with Gasteiger partial charge in [0.15, 0.2) is 17.3 Å². The number of likely N-dealkylation sites (tertiary alicyclic amines) is 1. The van der Waals surface area contributed by atoms with Gasteiger partial charge in [0.2, 0.25) is 0 Å². The Hall–Kier alpha value is -1.55. The molecule has 0 radical (unpaired) electrons. The molecule has 0 N–H and O–H groups in total. The number of hydrogen-bond acceptors (Lipinski definition) is 4. The summed E-state index contributed by atoms with van der Waals surface area (Å²) in [6, 6.07) is 5.41. The van der Waals surface area contributed by atoms with E-state index in [4.69, 9.17) is 9.47 Å². The van der Waals surface area contributed by atoms with E-state index in [1.165, 1.54) is 0 Å². The minimum Gasteiger partial charge on any atom is -0.493 e. The van der Waals surface area contributed by atoms with E-state index in [1.807, 2.05) is 12.1 Å². The van der Waals surface area contributed by atoms with Crippen molar-refractivity contribution in [2.75, 3.05) is 27.2 Å². The summed E-state index contributed by atoms with van der Waals surface area (Å²) in [6.45, 7) is 3.45. The van der Waals surface area contributed by atoms with E-state index in [2.05, 4.69) is 11.9 Å². The highest BCUT2D eigenvalue weighted by molar-refractivity contribution is 5.97. The fraction of sp³-hybridized carbons (Fsp3) is 0.500. The van der Waals surface area contributed by atoms with Gasteiger partial charge in [-0.05, 0) is 32.5 Å². The molecule has 1 aromatic rings. The van der Waals surface area contributed by atoms with E-state index >= 15 is 0 Å². The third-order valence-corrected chi connectivity index (χ3v) is 3.21. The van der Waals surface area contributed by atoms with Crippen LogP contribution in [0.4, 0.5) is 0 Å². The minimum atomic E-state index is -0.00440. The predicted molar refractivity (Wildman–Crippen MR) is 69.5 cm³/mol. The second kappa shape index (κ2) is 5.40. The zero-order chi connectivity index (χ0) is 13.1. The summed E-state index contributed by atoms with van der Waals surface area (Å²) < 4.78 is 11.3. The molecule has 1 aliphatic rings. The lowest BCUT2D eigenvalue weighted by molar-refractivity contribution is 0.100. The van der Waals surface area contributed by atoms with Crippen molar-refractivity contribution in [3.8, 4) is 11.5 Å². The molecule has 1 saturated heterocycles. The molecule has 4 heteroatoms. The van der Waals surface area contributed by atoms with Gasteiger partial charge in [0.1, 0.15) is 6.10 Å². The molecule has 1 aliphatic heterocycles. The number of carbonyl (C=O) groups is 1. The van der Waals surface area contributed by atoms with Gasteiger partial charge in [-0.15, -0.1) is 0 Å². The quantitative estimate of drug-likeness (QED) is 0.765. The van der Waals surface area contributed by atoms with E-state index < -0.39 is 0 Å². The average Bonchev–Trinajstić information content (AvgIpc) is 2.75. The summed E-state index contributed by atoms with van der Waals surface area (Å²) in [5.41, 5.74) is 0.587. The zero-order valence-electron chi connectivity index (χ0n) is 11.1. The van der Waals surface area contributed by atoms with Gasteiger partial charge in [0.05, 0.1) is 12.7 Å². The molecule has 0 spiro atoms. The second-order valence-corrected chi connectivity index (χ2v) is 4.68. The number of nitrogens with zero attached hydrogens (tertiary/aromatic N) is 1. The number of ketones is 1. The van der Waals surface area contributed by atoms with Crippen LogP contribution < -0.4 is 9.47 Å². The Morgan fingerprint density at radius 3 is 2.78 bits per heavy atom. The van der Waals surface area contributed by atoms with E-state index in [0.717, 1.165) is 19.5 Å². The first-order valence-corrected chi connectivity index (χ1v) is 6.15. The first-order valence-electron chi connectivity index (χ1n) is 6.15. The van der Waals surface area contributed by atoms with Gasteiger partial charge in [-0.3, -0.25) is 4.79 Å². The summed E-state index contributed by atoms with van der Waals surface area (Å²) in [4.78, 5) is 13.8. The largest absolute Gasteiger partial charge is 0.493 e. The summed E-state index contributed by atoms with van der Waals surface area (Å²) in [6.07, 6.45) is 1.11. The van der Waals surface area contributed by atoms with Crippen LogP contribution in [-0.2, 0) is 0 Å². The van der Waals surface area contributed by atoms with Crippen molar-refractivity contribution in [2.24, 2.45) is 0 Å². The molecular formula is C14H19NO3. The fourth-order valence-corrected chi connectivity index (χ4v) is 2.23. The van der Waals surface area contributed by atoms with Crippen LogP contribution in [0.5, 0.6) is 11.5 Å². The van der Waals surface area contributed by atoms with E-state index in [1.54, 1.807) is 20.1 Å². The first-order chi connectivity index (χ1) is 8.61. The van der Waals surface area contributed by atoms with Crippen molar-refractivity contribution in [1.29, 1.82) is 0 Å². The van der Waals surface area contributed by atoms with Crippen LogP contribution in [0.3, 0.4) is 0 Å². The number of carbonyl (C=O) groups excluding carboxylic acids is 1. The minimum absolute atomic E-state index is 0.00440.